The van der Waals surface area contributed by atoms with Crippen molar-refractivity contribution in [3.63, 3.8) is 0 Å². The van der Waals surface area contributed by atoms with Crippen molar-refractivity contribution in [1.82, 2.24) is 5.32 Å². The first kappa shape index (κ1) is 13.3. The summed E-state index contributed by atoms with van der Waals surface area (Å²) in [5, 5.41) is 3.36. The van der Waals surface area contributed by atoms with Gasteiger partial charge < -0.3 is 14.8 Å². The highest BCUT2D eigenvalue weighted by Crippen LogP contribution is 2.28. The molecule has 0 spiro atoms. The van der Waals surface area contributed by atoms with Crippen molar-refractivity contribution < 1.29 is 13.9 Å². The van der Waals surface area contributed by atoms with Gasteiger partial charge in [0.1, 0.15) is 17.7 Å². The Balaban J connectivity index is 1.65. The molecule has 1 heterocycles. The predicted octanol–water partition coefficient (Wildman–Crippen LogP) is 2.15. The van der Waals surface area contributed by atoms with Gasteiger partial charge in [0, 0.05) is 32.2 Å². The molecule has 0 fully saturated rings. The van der Waals surface area contributed by atoms with E-state index in [-0.39, 0.29) is 11.9 Å². The molecule has 1 aliphatic rings. The van der Waals surface area contributed by atoms with Crippen molar-refractivity contribution in [3.05, 3.63) is 29.6 Å². The van der Waals surface area contributed by atoms with Gasteiger partial charge in [-0.1, -0.05) is 0 Å². The number of rotatable bonds is 7. The summed E-state index contributed by atoms with van der Waals surface area (Å²) in [6.07, 6.45) is 3.09. The summed E-state index contributed by atoms with van der Waals surface area (Å²) < 4.78 is 23.8. The van der Waals surface area contributed by atoms with Crippen LogP contribution in [0.15, 0.2) is 18.2 Å². The number of ether oxygens (including phenoxy) is 2. The topological polar surface area (TPSA) is 30.5 Å². The lowest BCUT2D eigenvalue weighted by molar-refractivity contribution is 0.191. The van der Waals surface area contributed by atoms with Crippen LogP contribution in [0.5, 0.6) is 5.75 Å². The second kappa shape index (κ2) is 6.71. The highest BCUT2D eigenvalue weighted by atomic mass is 19.1. The van der Waals surface area contributed by atoms with Gasteiger partial charge in [-0.15, -0.1) is 0 Å². The van der Waals surface area contributed by atoms with Gasteiger partial charge in [0.15, 0.2) is 0 Å². The van der Waals surface area contributed by atoms with E-state index < -0.39 is 0 Å². The smallest absolute Gasteiger partial charge is 0.123 e. The molecule has 1 N–H and O–H groups in total. The first-order chi connectivity index (χ1) is 8.79. The van der Waals surface area contributed by atoms with Crippen LogP contribution in [0.3, 0.4) is 0 Å². The Bertz CT molecular complexity index is 384. The fourth-order valence-corrected chi connectivity index (χ4v) is 2.16. The van der Waals surface area contributed by atoms with E-state index in [4.69, 9.17) is 9.47 Å². The average molecular weight is 253 g/mol. The molecule has 1 aromatic carbocycles. The Morgan fingerprint density at radius 2 is 2.33 bits per heavy atom. The molecule has 1 aliphatic heterocycles. The fourth-order valence-electron chi connectivity index (χ4n) is 2.16. The predicted molar refractivity (Wildman–Crippen MR) is 68.5 cm³/mol. The molecule has 1 aromatic rings. The molecule has 2 rings (SSSR count). The van der Waals surface area contributed by atoms with Gasteiger partial charge in [-0.25, -0.2) is 4.39 Å². The Morgan fingerprint density at radius 1 is 1.44 bits per heavy atom. The van der Waals surface area contributed by atoms with Crippen molar-refractivity contribution in [3.8, 4) is 5.75 Å². The van der Waals surface area contributed by atoms with Crippen LogP contribution >= 0.6 is 0 Å². The molecule has 0 bridgehead atoms. The summed E-state index contributed by atoms with van der Waals surface area (Å²) in [5.41, 5.74) is 0.973. The molecular formula is C14H20FNO2. The SMILES string of the molecule is COCCCCNCC1Cc2cc(F)ccc2O1. The first-order valence-corrected chi connectivity index (χ1v) is 6.44. The quantitative estimate of drug-likeness (QED) is 0.755. The van der Waals surface area contributed by atoms with Gasteiger partial charge in [-0.3, -0.25) is 0 Å². The van der Waals surface area contributed by atoms with Crippen molar-refractivity contribution in [1.29, 1.82) is 0 Å². The van der Waals surface area contributed by atoms with Gasteiger partial charge in [0.05, 0.1) is 0 Å². The summed E-state index contributed by atoms with van der Waals surface area (Å²) in [6, 6.07) is 4.72. The van der Waals surface area contributed by atoms with Crippen LogP contribution in [0.25, 0.3) is 0 Å². The molecule has 0 aromatic heterocycles. The van der Waals surface area contributed by atoms with Crippen LogP contribution in [0.2, 0.25) is 0 Å². The standard InChI is InChI=1S/C14H20FNO2/c1-17-7-3-2-6-16-10-13-9-11-8-12(15)4-5-14(11)18-13/h4-5,8,13,16H,2-3,6-7,9-10H2,1H3. The van der Waals surface area contributed by atoms with Crippen LogP contribution in [0, 0.1) is 5.82 Å². The fraction of sp³-hybridized carbons (Fsp3) is 0.571. The minimum absolute atomic E-state index is 0.129. The van der Waals surface area contributed by atoms with E-state index in [1.807, 2.05) is 0 Å². The van der Waals surface area contributed by atoms with E-state index in [1.165, 1.54) is 6.07 Å². The minimum atomic E-state index is -0.189. The Morgan fingerprint density at radius 3 is 3.17 bits per heavy atom. The van der Waals surface area contributed by atoms with Crippen LogP contribution in [0.4, 0.5) is 4.39 Å². The lowest BCUT2D eigenvalue weighted by atomic mass is 10.1. The molecule has 0 amide bonds. The monoisotopic (exact) mass is 253 g/mol. The van der Waals surface area contributed by atoms with Crippen LogP contribution in [-0.2, 0) is 11.2 Å². The number of unbranched alkanes of at least 4 members (excludes halogenated alkanes) is 1. The summed E-state index contributed by atoms with van der Waals surface area (Å²) in [4.78, 5) is 0. The third-order valence-electron chi connectivity index (χ3n) is 3.09. The molecule has 1 atom stereocenters. The maximum absolute atomic E-state index is 13.0. The van der Waals surface area contributed by atoms with Gasteiger partial charge >= 0.3 is 0 Å². The van der Waals surface area contributed by atoms with Gasteiger partial charge in [0.2, 0.25) is 0 Å². The summed E-state index contributed by atoms with van der Waals surface area (Å²) in [5.74, 6) is 0.633. The lowest BCUT2D eigenvalue weighted by Gasteiger charge is -2.11. The zero-order valence-corrected chi connectivity index (χ0v) is 10.7. The molecule has 0 aliphatic carbocycles. The lowest BCUT2D eigenvalue weighted by Crippen LogP contribution is -2.30. The Kier molecular flexibility index (Phi) is 4.96. The Labute approximate surface area is 107 Å². The zero-order valence-electron chi connectivity index (χ0n) is 10.7. The molecule has 18 heavy (non-hydrogen) atoms. The second-order valence-electron chi connectivity index (χ2n) is 4.60. The van der Waals surface area contributed by atoms with Gasteiger partial charge in [-0.05, 0) is 37.6 Å². The van der Waals surface area contributed by atoms with Gasteiger partial charge in [-0.2, -0.15) is 0 Å². The third-order valence-corrected chi connectivity index (χ3v) is 3.09. The average Bonchev–Trinajstić information content (AvgIpc) is 2.75. The molecule has 4 heteroatoms. The number of hydrogen-bond donors (Lipinski definition) is 1. The number of halogens is 1. The van der Waals surface area contributed by atoms with E-state index >= 15 is 0 Å². The molecular weight excluding hydrogens is 233 g/mol. The third kappa shape index (κ3) is 3.68. The van der Waals surface area contributed by atoms with E-state index in [2.05, 4.69) is 5.32 Å². The van der Waals surface area contributed by atoms with E-state index in [0.29, 0.717) is 0 Å². The van der Waals surface area contributed by atoms with Crippen molar-refractivity contribution in [2.75, 3.05) is 26.8 Å². The zero-order chi connectivity index (χ0) is 12.8. The number of hydrogen-bond acceptors (Lipinski definition) is 3. The Hall–Kier alpha value is -1.13. The number of nitrogens with one attached hydrogen (secondary N) is 1. The van der Waals surface area contributed by atoms with Crippen LogP contribution < -0.4 is 10.1 Å². The minimum Gasteiger partial charge on any atom is -0.488 e. The highest BCUT2D eigenvalue weighted by molar-refractivity contribution is 5.37. The molecule has 0 saturated carbocycles. The maximum Gasteiger partial charge on any atom is 0.123 e. The first-order valence-electron chi connectivity index (χ1n) is 6.44. The van der Waals surface area contributed by atoms with Crippen LogP contribution in [-0.4, -0.2) is 32.9 Å². The van der Waals surface area contributed by atoms with Crippen molar-refractivity contribution in [2.45, 2.75) is 25.4 Å². The highest BCUT2D eigenvalue weighted by Gasteiger charge is 2.22. The molecule has 0 saturated heterocycles. The molecule has 0 radical (unpaired) electrons. The van der Waals surface area contributed by atoms with E-state index in [9.17, 15) is 4.39 Å². The molecule has 100 valence electrons. The van der Waals surface area contributed by atoms with E-state index in [1.54, 1.807) is 19.2 Å². The number of fused-ring (bicyclic) bond motifs is 1. The summed E-state index contributed by atoms with van der Waals surface area (Å²) in [6.45, 7) is 2.59. The molecule has 1 unspecified atom stereocenters. The number of methoxy groups -OCH3 is 1. The largest absolute Gasteiger partial charge is 0.488 e. The summed E-state index contributed by atoms with van der Waals surface area (Å²) >= 11 is 0. The maximum atomic E-state index is 13.0. The normalized spacial score (nSPS) is 17.6. The summed E-state index contributed by atoms with van der Waals surface area (Å²) in [7, 11) is 1.72. The second-order valence-corrected chi connectivity index (χ2v) is 4.60. The van der Waals surface area contributed by atoms with Crippen molar-refractivity contribution >= 4 is 0 Å². The number of benzene rings is 1. The van der Waals surface area contributed by atoms with Gasteiger partial charge in [0.25, 0.3) is 0 Å². The van der Waals surface area contributed by atoms with Crippen LogP contribution in [0.1, 0.15) is 18.4 Å². The van der Waals surface area contributed by atoms with E-state index in [0.717, 1.165) is 50.3 Å². The van der Waals surface area contributed by atoms with Crippen molar-refractivity contribution in [2.24, 2.45) is 0 Å². The molecule has 3 nitrogen and oxygen atoms in total.